The van der Waals surface area contributed by atoms with Crippen molar-refractivity contribution in [1.82, 2.24) is 0 Å². The molecule has 0 aliphatic rings. The Bertz CT molecular complexity index is 871. The van der Waals surface area contributed by atoms with E-state index in [4.69, 9.17) is 0 Å². The molecule has 3 nitrogen and oxygen atoms in total. The second-order valence-electron chi connectivity index (χ2n) is 4.70. The number of rotatable bonds is 3. The lowest BCUT2D eigenvalue weighted by Crippen LogP contribution is -2.16. The summed E-state index contributed by atoms with van der Waals surface area (Å²) in [6.07, 6.45) is -4.74. The lowest BCUT2D eigenvalue weighted by Gasteiger charge is -2.13. The number of aromatic hydroxyl groups is 1. The largest absolute Gasteiger partial charge is 0.506 e. The van der Waals surface area contributed by atoms with Crippen molar-refractivity contribution in [3.8, 4) is 5.75 Å². The minimum Gasteiger partial charge on any atom is -0.506 e. The monoisotopic (exact) mass is 604 g/mol. The standard InChI is InChI=1S/C14H5F7I2N2O/c15-8-7(14(19,20)21)9(16)11(18)12(10(8)17)25-24-3-4-1-5(22)2-6(23)13(4)26/h1-3,25-26H/b24-3+. The van der Waals surface area contributed by atoms with Crippen LogP contribution < -0.4 is 5.43 Å². The molecule has 0 radical (unpaired) electrons. The van der Waals surface area contributed by atoms with Crippen molar-refractivity contribution in [2.45, 2.75) is 6.18 Å². The molecular formula is C14H5F7I2N2O. The van der Waals surface area contributed by atoms with Crippen LogP contribution in [0.3, 0.4) is 0 Å². The van der Waals surface area contributed by atoms with Gasteiger partial charge in [0.05, 0.1) is 9.78 Å². The van der Waals surface area contributed by atoms with Gasteiger partial charge in [-0.1, -0.05) is 0 Å². The van der Waals surface area contributed by atoms with E-state index in [-0.39, 0.29) is 11.3 Å². The van der Waals surface area contributed by atoms with E-state index in [9.17, 15) is 35.8 Å². The maximum atomic E-state index is 13.7. The van der Waals surface area contributed by atoms with Crippen molar-refractivity contribution >= 4 is 57.1 Å². The molecule has 0 amide bonds. The Morgan fingerprint density at radius 3 is 2.00 bits per heavy atom. The molecule has 2 aromatic rings. The van der Waals surface area contributed by atoms with Crippen LogP contribution in [-0.4, -0.2) is 11.3 Å². The third-order valence-electron chi connectivity index (χ3n) is 2.98. The van der Waals surface area contributed by atoms with Crippen LogP contribution in [-0.2, 0) is 6.18 Å². The smallest absolute Gasteiger partial charge is 0.422 e. The van der Waals surface area contributed by atoms with E-state index in [1.54, 1.807) is 34.1 Å². The number of phenolic OH excluding ortho intramolecular Hbond substituents is 1. The fourth-order valence-electron chi connectivity index (χ4n) is 1.83. The number of nitrogens with one attached hydrogen (secondary N) is 1. The minimum absolute atomic E-state index is 0.0995. The van der Waals surface area contributed by atoms with Gasteiger partial charge >= 0.3 is 6.18 Å². The topological polar surface area (TPSA) is 44.6 Å². The number of hydrogen-bond acceptors (Lipinski definition) is 3. The van der Waals surface area contributed by atoms with Crippen molar-refractivity contribution in [2.75, 3.05) is 5.43 Å². The summed E-state index contributed by atoms with van der Waals surface area (Å²) in [5.74, 6) is -9.98. The van der Waals surface area contributed by atoms with Gasteiger partial charge in [-0.25, -0.2) is 17.6 Å². The van der Waals surface area contributed by atoms with Gasteiger partial charge in [0.15, 0.2) is 23.3 Å². The van der Waals surface area contributed by atoms with Crippen LogP contribution in [0.15, 0.2) is 17.2 Å². The summed E-state index contributed by atoms with van der Waals surface area (Å²) in [6, 6.07) is 3.05. The highest BCUT2D eigenvalue weighted by molar-refractivity contribution is 14.1. The summed E-state index contributed by atoms with van der Waals surface area (Å²) >= 11 is 3.72. The van der Waals surface area contributed by atoms with Gasteiger partial charge in [0.1, 0.15) is 17.0 Å². The molecule has 12 heteroatoms. The number of phenols is 1. The van der Waals surface area contributed by atoms with Crippen molar-refractivity contribution in [1.29, 1.82) is 0 Å². The second-order valence-corrected chi connectivity index (χ2v) is 7.11. The number of benzene rings is 2. The Labute approximate surface area is 168 Å². The first-order valence-electron chi connectivity index (χ1n) is 6.35. The van der Waals surface area contributed by atoms with E-state index in [0.717, 1.165) is 6.21 Å². The summed E-state index contributed by atoms with van der Waals surface area (Å²) in [7, 11) is 0. The molecule has 2 N–H and O–H groups in total. The molecule has 0 spiro atoms. The Morgan fingerprint density at radius 2 is 1.50 bits per heavy atom. The molecule has 140 valence electrons. The molecule has 2 rings (SSSR count). The second kappa shape index (κ2) is 7.74. The van der Waals surface area contributed by atoms with Crippen LogP contribution >= 0.6 is 45.2 Å². The van der Waals surface area contributed by atoms with Gasteiger partial charge in [0, 0.05) is 9.13 Å². The molecule has 0 fully saturated rings. The van der Waals surface area contributed by atoms with Gasteiger partial charge in [0.2, 0.25) is 0 Å². The van der Waals surface area contributed by atoms with Crippen molar-refractivity contribution in [3.05, 3.63) is 53.7 Å². The Kier molecular flexibility index (Phi) is 6.24. The molecular weight excluding hydrogens is 599 g/mol. The molecule has 0 bridgehead atoms. The van der Waals surface area contributed by atoms with E-state index < -0.39 is 40.7 Å². The SMILES string of the molecule is Oc1c(I)cc(I)cc1/C=N/Nc1c(F)c(F)c(C(F)(F)F)c(F)c1F. The van der Waals surface area contributed by atoms with Gasteiger partial charge in [-0.15, -0.1) is 0 Å². The lowest BCUT2D eigenvalue weighted by atomic mass is 10.1. The lowest BCUT2D eigenvalue weighted by molar-refractivity contribution is -0.143. The average molecular weight is 604 g/mol. The molecule has 0 unspecified atom stereocenters. The summed E-state index contributed by atoms with van der Waals surface area (Å²) in [5, 5.41) is 13.1. The maximum Gasteiger partial charge on any atom is 0.422 e. The zero-order chi connectivity index (χ0) is 19.8. The third kappa shape index (κ3) is 4.15. The predicted molar refractivity (Wildman–Crippen MR) is 96.0 cm³/mol. The van der Waals surface area contributed by atoms with Crippen molar-refractivity contribution < 1.29 is 35.8 Å². The highest BCUT2D eigenvalue weighted by Crippen LogP contribution is 2.38. The zero-order valence-electron chi connectivity index (χ0n) is 12.0. The third-order valence-corrected chi connectivity index (χ3v) is 4.43. The summed E-state index contributed by atoms with van der Waals surface area (Å²) in [5.41, 5.74) is -2.50. The summed E-state index contributed by atoms with van der Waals surface area (Å²) in [6.45, 7) is 0. The molecule has 2 aromatic carbocycles. The average Bonchev–Trinajstić information content (AvgIpc) is 2.52. The Balaban J connectivity index is 2.43. The first-order chi connectivity index (χ1) is 11.9. The van der Waals surface area contributed by atoms with E-state index in [0.29, 0.717) is 7.14 Å². The first-order valence-corrected chi connectivity index (χ1v) is 8.51. The summed E-state index contributed by atoms with van der Waals surface area (Å²) in [4.78, 5) is 0. The van der Waals surface area contributed by atoms with Crippen LogP contribution in [0.1, 0.15) is 11.1 Å². The summed E-state index contributed by atoms with van der Waals surface area (Å²) < 4.78 is 93.0. The number of hydrogen-bond donors (Lipinski definition) is 2. The number of anilines is 1. The molecule has 0 aliphatic heterocycles. The minimum atomic E-state index is -5.62. The van der Waals surface area contributed by atoms with Crippen LogP contribution in [0.2, 0.25) is 0 Å². The molecule has 26 heavy (non-hydrogen) atoms. The number of hydrazone groups is 1. The van der Waals surface area contributed by atoms with E-state index in [1.807, 2.05) is 22.6 Å². The van der Waals surface area contributed by atoms with E-state index in [1.165, 1.54) is 6.07 Å². The van der Waals surface area contributed by atoms with Gasteiger partial charge in [0.25, 0.3) is 0 Å². The van der Waals surface area contributed by atoms with Crippen molar-refractivity contribution in [3.63, 3.8) is 0 Å². The van der Waals surface area contributed by atoms with E-state index in [2.05, 4.69) is 5.10 Å². The molecule has 0 saturated carbocycles. The molecule has 0 heterocycles. The highest BCUT2D eigenvalue weighted by Gasteiger charge is 2.42. The van der Waals surface area contributed by atoms with Crippen LogP contribution in [0.25, 0.3) is 0 Å². The Hall–Kier alpha value is -1.32. The Morgan fingerprint density at radius 1 is 0.962 bits per heavy atom. The number of halogens is 9. The predicted octanol–water partition coefficient (Wildman–Crippen LogP) is 5.62. The van der Waals surface area contributed by atoms with E-state index >= 15 is 0 Å². The van der Waals surface area contributed by atoms with Crippen LogP contribution in [0, 0.1) is 30.4 Å². The molecule has 0 aliphatic carbocycles. The fourth-order valence-corrected chi connectivity index (χ4v) is 3.72. The quantitative estimate of drug-likeness (QED) is 0.157. The normalized spacial score (nSPS) is 12.0. The first kappa shape index (κ1) is 21.0. The maximum absolute atomic E-state index is 13.7. The molecule has 0 aromatic heterocycles. The number of alkyl halides is 3. The highest BCUT2D eigenvalue weighted by atomic mass is 127. The van der Waals surface area contributed by atoms with Crippen molar-refractivity contribution in [2.24, 2.45) is 5.10 Å². The zero-order valence-corrected chi connectivity index (χ0v) is 16.3. The molecule has 0 saturated heterocycles. The van der Waals surface area contributed by atoms with Gasteiger partial charge in [-0.2, -0.15) is 18.3 Å². The van der Waals surface area contributed by atoms with Crippen LogP contribution in [0.5, 0.6) is 5.75 Å². The number of nitrogens with zero attached hydrogens (tertiary/aromatic N) is 1. The fraction of sp³-hybridized carbons (Fsp3) is 0.0714. The van der Waals surface area contributed by atoms with Gasteiger partial charge in [-0.3, -0.25) is 5.43 Å². The van der Waals surface area contributed by atoms with Gasteiger partial charge in [-0.05, 0) is 57.3 Å². The molecule has 0 atom stereocenters. The van der Waals surface area contributed by atoms with Gasteiger partial charge < -0.3 is 5.11 Å². The van der Waals surface area contributed by atoms with Crippen LogP contribution in [0.4, 0.5) is 36.4 Å².